The number of piperidine rings is 1. The lowest BCUT2D eigenvalue weighted by atomic mass is 9.97. The summed E-state index contributed by atoms with van der Waals surface area (Å²) in [6, 6.07) is 17.0. The maximum Gasteiger partial charge on any atom is 0.246 e. The van der Waals surface area contributed by atoms with E-state index in [1.54, 1.807) is 6.08 Å². The molecule has 0 bridgehead atoms. The van der Waals surface area contributed by atoms with Crippen molar-refractivity contribution in [3.05, 3.63) is 76.9 Å². The number of rotatable bonds is 5. The third-order valence-corrected chi connectivity index (χ3v) is 5.48. The van der Waals surface area contributed by atoms with E-state index in [1.165, 1.54) is 16.7 Å². The predicted molar refractivity (Wildman–Crippen MR) is 109 cm³/mol. The van der Waals surface area contributed by atoms with Crippen LogP contribution in [0.3, 0.4) is 0 Å². The Morgan fingerprint density at radius 2 is 1.62 bits per heavy atom. The molecule has 136 valence electrons. The number of carbonyl (C=O) groups is 1. The number of amides is 1. The van der Waals surface area contributed by atoms with E-state index >= 15 is 0 Å². The normalized spacial score (nSPS) is 15.5. The SMILES string of the molecule is Cc1ccccc1CCc1ccccc1/C=C\C(=O)N1CCC(C)CC1. The zero-order valence-corrected chi connectivity index (χ0v) is 15.9. The summed E-state index contributed by atoms with van der Waals surface area (Å²) in [5.41, 5.74) is 5.19. The molecule has 0 aliphatic carbocycles. The second-order valence-corrected chi connectivity index (χ2v) is 7.47. The molecule has 3 rings (SSSR count). The van der Waals surface area contributed by atoms with Gasteiger partial charge in [0.2, 0.25) is 5.91 Å². The molecule has 0 saturated carbocycles. The minimum atomic E-state index is 0.144. The lowest BCUT2D eigenvalue weighted by Gasteiger charge is -2.29. The van der Waals surface area contributed by atoms with E-state index in [-0.39, 0.29) is 5.91 Å². The van der Waals surface area contributed by atoms with Gasteiger partial charge in [-0.15, -0.1) is 0 Å². The van der Waals surface area contributed by atoms with E-state index in [0.29, 0.717) is 0 Å². The number of carbonyl (C=O) groups excluding carboxylic acids is 1. The fourth-order valence-electron chi connectivity index (χ4n) is 3.58. The number of likely N-dealkylation sites (tertiary alicyclic amines) is 1. The molecule has 0 unspecified atom stereocenters. The van der Waals surface area contributed by atoms with Crippen LogP contribution < -0.4 is 0 Å². The van der Waals surface area contributed by atoms with Gasteiger partial charge in [-0.2, -0.15) is 0 Å². The zero-order chi connectivity index (χ0) is 18.4. The van der Waals surface area contributed by atoms with Crippen molar-refractivity contribution in [1.29, 1.82) is 0 Å². The van der Waals surface area contributed by atoms with Gasteiger partial charge in [-0.1, -0.05) is 55.5 Å². The first-order chi connectivity index (χ1) is 12.6. The van der Waals surface area contributed by atoms with Crippen LogP contribution >= 0.6 is 0 Å². The molecule has 0 spiro atoms. The van der Waals surface area contributed by atoms with Crippen molar-refractivity contribution >= 4 is 12.0 Å². The molecule has 1 saturated heterocycles. The zero-order valence-electron chi connectivity index (χ0n) is 15.9. The molecule has 2 nitrogen and oxygen atoms in total. The maximum atomic E-state index is 12.5. The van der Waals surface area contributed by atoms with Crippen LogP contribution in [-0.4, -0.2) is 23.9 Å². The highest BCUT2D eigenvalue weighted by Crippen LogP contribution is 2.18. The molecular weight excluding hydrogens is 318 g/mol. The summed E-state index contributed by atoms with van der Waals surface area (Å²) < 4.78 is 0. The number of benzene rings is 2. The molecule has 26 heavy (non-hydrogen) atoms. The van der Waals surface area contributed by atoms with Gasteiger partial charge in [0.05, 0.1) is 0 Å². The van der Waals surface area contributed by atoms with Gasteiger partial charge < -0.3 is 4.90 Å². The summed E-state index contributed by atoms with van der Waals surface area (Å²) >= 11 is 0. The van der Waals surface area contributed by atoms with Gasteiger partial charge in [-0.05, 0) is 66.9 Å². The van der Waals surface area contributed by atoms with Crippen LogP contribution in [-0.2, 0) is 17.6 Å². The first-order valence-electron chi connectivity index (χ1n) is 9.73. The Bertz CT molecular complexity index is 769. The molecule has 1 amide bonds. The summed E-state index contributed by atoms with van der Waals surface area (Å²) in [6.07, 6.45) is 7.99. The summed E-state index contributed by atoms with van der Waals surface area (Å²) in [5, 5.41) is 0. The molecule has 1 aliphatic heterocycles. The Morgan fingerprint density at radius 1 is 1.00 bits per heavy atom. The van der Waals surface area contributed by atoms with E-state index in [2.05, 4.69) is 56.3 Å². The second-order valence-electron chi connectivity index (χ2n) is 7.47. The summed E-state index contributed by atoms with van der Waals surface area (Å²) in [4.78, 5) is 14.4. The molecule has 0 N–H and O–H groups in total. The lowest BCUT2D eigenvalue weighted by molar-refractivity contribution is -0.127. The van der Waals surface area contributed by atoms with E-state index in [1.807, 2.05) is 17.0 Å². The van der Waals surface area contributed by atoms with Crippen molar-refractivity contribution < 1.29 is 4.79 Å². The van der Waals surface area contributed by atoms with Crippen LogP contribution in [0.5, 0.6) is 0 Å². The Balaban J connectivity index is 1.65. The Labute approximate surface area is 157 Å². The van der Waals surface area contributed by atoms with Gasteiger partial charge >= 0.3 is 0 Å². The summed E-state index contributed by atoms with van der Waals surface area (Å²) in [6.45, 7) is 6.21. The fourth-order valence-corrected chi connectivity index (χ4v) is 3.58. The number of aryl methyl sites for hydroxylation is 3. The first-order valence-corrected chi connectivity index (χ1v) is 9.73. The smallest absolute Gasteiger partial charge is 0.246 e. The van der Waals surface area contributed by atoms with Crippen molar-refractivity contribution in [3.63, 3.8) is 0 Å². The van der Waals surface area contributed by atoms with Crippen molar-refractivity contribution in [2.45, 2.75) is 39.5 Å². The van der Waals surface area contributed by atoms with Gasteiger partial charge in [0.1, 0.15) is 0 Å². The molecule has 1 fully saturated rings. The van der Waals surface area contributed by atoms with Crippen LogP contribution in [0.2, 0.25) is 0 Å². The number of hydrogen-bond donors (Lipinski definition) is 0. The van der Waals surface area contributed by atoms with E-state index in [0.717, 1.165) is 50.3 Å². The van der Waals surface area contributed by atoms with Gasteiger partial charge in [-0.3, -0.25) is 4.79 Å². The number of nitrogens with zero attached hydrogens (tertiary/aromatic N) is 1. The van der Waals surface area contributed by atoms with Crippen LogP contribution in [0.15, 0.2) is 54.6 Å². The first kappa shape index (κ1) is 18.4. The topological polar surface area (TPSA) is 20.3 Å². The molecule has 0 radical (unpaired) electrons. The van der Waals surface area contributed by atoms with Crippen molar-refractivity contribution in [2.24, 2.45) is 5.92 Å². The molecule has 2 aromatic carbocycles. The minimum Gasteiger partial charge on any atom is -0.339 e. The van der Waals surface area contributed by atoms with Gasteiger partial charge in [0, 0.05) is 19.2 Å². The highest BCUT2D eigenvalue weighted by Gasteiger charge is 2.18. The molecule has 1 heterocycles. The van der Waals surface area contributed by atoms with E-state index < -0.39 is 0 Å². The molecule has 0 atom stereocenters. The van der Waals surface area contributed by atoms with E-state index in [9.17, 15) is 4.79 Å². The van der Waals surface area contributed by atoms with Crippen molar-refractivity contribution in [3.8, 4) is 0 Å². The molecule has 0 aromatic heterocycles. The molecular formula is C24H29NO. The Hall–Kier alpha value is -2.35. The monoisotopic (exact) mass is 347 g/mol. The van der Waals surface area contributed by atoms with Crippen molar-refractivity contribution in [2.75, 3.05) is 13.1 Å². The lowest BCUT2D eigenvalue weighted by Crippen LogP contribution is -2.36. The third-order valence-electron chi connectivity index (χ3n) is 5.48. The summed E-state index contributed by atoms with van der Waals surface area (Å²) in [7, 11) is 0. The quantitative estimate of drug-likeness (QED) is 0.693. The standard InChI is InChI=1S/C24H29NO/c1-19-15-17-25(18-16-19)24(26)14-13-23-10-6-5-9-22(23)12-11-21-8-4-3-7-20(21)2/h3-10,13-14,19H,11-12,15-18H2,1-2H3/b14-13-. The number of hydrogen-bond acceptors (Lipinski definition) is 1. The molecule has 2 aromatic rings. The summed E-state index contributed by atoms with van der Waals surface area (Å²) in [5.74, 6) is 0.885. The minimum absolute atomic E-state index is 0.144. The van der Waals surface area contributed by atoms with Gasteiger partial charge in [0.25, 0.3) is 0 Å². The highest BCUT2D eigenvalue weighted by molar-refractivity contribution is 5.92. The van der Waals surface area contributed by atoms with Gasteiger partial charge in [-0.25, -0.2) is 0 Å². The predicted octanol–water partition coefficient (Wildman–Crippen LogP) is 5.05. The molecule has 1 aliphatic rings. The van der Waals surface area contributed by atoms with E-state index in [4.69, 9.17) is 0 Å². The van der Waals surface area contributed by atoms with Gasteiger partial charge in [0.15, 0.2) is 0 Å². The fraction of sp³-hybridized carbons (Fsp3) is 0.375. The van der Waals surface area contributed by atoms with Crippen LogP contribution in [0, 0.1) is 12.8 Å². The largest absolute Gasteiger partial charge is 0.339 e. The average molecular weight is 348 g/mol. The van der Waals surface area contributed by atoms with Crippen LogP contribution in [0.25, 0.3) is 6.08 Å². The van der Waals surface area contributed by atoms with Crippen LogP contribution in [0.4, 0.5) is 0 Å². The van der Waals surface area contributed by atoms with Crippen LogP contribution in [0.1, 0.15) is 42.0 Å². The second kappa shape index (κ2) is 8.84. The highest BCUT2D eigenvalue weighted by atomic mass is 16.2. The molecule has 2 heteroatoms. The Morgan fingerprint density at radius 3 is 2.35 bits per heavy atom. The Kier molecular flexibility index (Phi) is 6.27. The third kappa shape index (κ3) is 4.85. The average Bonchev–Trinajstić information content (AvgIpc) is 2.66. The maximum absolute atomic E-state index is 12.5. The van der Waals surface area contributed by atoms with Crippen molar-refractivity contribution in [1.82, 2.24) is 4.90 Å².